The molecule has 3 aromatic heterocycles. The maximum Gasteiger partial charge on any atom is 0.166 e. The number of carbonyl (C=O) groups is 1. The molecule has 0 saturated heterocycles. The van der Waals surface area contributed by atoms with E-state index in [-0.39, 0.29) is 11.5 Å². The van der Waals surface area contributed by atoms with E-state index in [0.29, 0.717) is 46.8 Å². The van der Waals surface area contributed by atoms with Crippen LogP contribution >= 0.6 is 0 Å². The summed E-state index contributed by atoms with van der Waals surface area (Å²) in [6.45, 7) is 5.63. The molecule has 36 heavy (non-hydrogen) atoms. The maximum atomic E-state index is 12.4. The van der Waals surface area contributed by atoms with Gasteiger partial charge in [0.15, 0.2) is 23.1 Å². The molecule has 2 N–H and O–H groups in total. The highest BCUT2D eigenvalue weighted by molar-refractivity contribution is 5.97. The fraction of sp³-hybridized carbons (Fsp3) is 0.200. The van der Waals surface area contributed by atoms with E-state index < -0.39 is 0 Å². The molecule has 5 rings (SSSR count). The number of carbonyl (C=O) groups excluding carboxylic acids is 1. The van der Waals surface area contributed by atoms with Gasteiger partial charge < -0.3 is 20.3 Å². The average molecular weight is 482 g/mol. The highest BCUT2D eigenvalue weighted by atomic mass is 16.5. The number of benzene rings is 1. The van der Waals surface area contributed by atoms with E-state index in [4.69, 9.17) is 9.72 Å². The van der Waals surface area contributed by atoms with E-state index in [1.807, 2.05) is 49.1 Å². The van der Waals surface area contributed by atoms with Crippen molar-refractivity contribution in [2.45, 2.75) is 20.8 Å². The number of nitrogens with one attached hydrogen (secondary N) is 2. The van der Waals surface area contributed by atoms with Crippen LogP contribution in [-0.2, 0) is 0 Å². The second kappa shape index (κ2) is 8.99. The molecular weight excluding hydrogens is 458 g/mol. The molecular formula is C25H23N9O2. The Morgan fingerprint density at radius 3 is 2.67 bits per heavy atom. The number of hydrogen-bond acceptors (Lipinski definition) is 10. The Balaban J connectivity index is 1.57. The Labute approximate surface area is 207 Å². The Kier molecular flexibility index (Phi) is 5.69. The Morgan fingerprint density at radius 1 is 1.17 bits per heavy atom. The second-order valence-corrected chi connectivity index (χ2v) is 8.31. The van der Waals surface area contributed by atoms with Crippen LogP contribution in [0.4, 0.5) is 28.7 Å². The Morgan fingerprint density at radius 2 is 2.00 bits per heavy atom. The molecule has 4 aromatic rings. The number of Topliss-reactive ketones (excluding diaryl/α,β-unsaturated/α-hetero) is 1. The fourth-order valence-electron chi connectivity index (χ4n) is 4.03. The summed E-state index contributed by atoms with van der Waals surface area (Å²) < 4.78 is 7.12. The van der Waals surface area contributed by atoms with Crippen molar-refractivity contribution >= 4 is 34.5 Å². The van der Waals surface area contributed by atoms with Crippen LogP contribution in [-0.4, -0.2) is 44.5 Å². The first-order valence-corrected chi connectivity index (χ1v) is 11.2. The van der Waals surface area contributed by atoms with E-state index in [1.165, 1.54) is 11.6 Å². The molecule has 1 aliphatic heterocycles. The molecule has 1 aliphatic rings. The summed E-state index contributed by atoms with van der Waals surface area (Å²) in [6.07, 6.45) is 0. The zero-order valence-corrected chi connectivity index (χ0v) is 20.2. The summed E-state index contributed by atoms with van der Waals surface area (Å²) in [5, 5.41) is 28.5. The minimum Gasteiger partial charge on any atom is -0.494 e. The number of nitriles is 1. The molecule has 0 spiro atoms. The number of pyridine rings is 1. The molecule has 0 bridgehead atoms. The van der Waals surface area contributed by atoms with E-state index in [2.05, 4.69) is 25.9 Å². The normalized spacial score (nSPS) is 12.0. The number of rotatable bonds is 6. The van der Waals surface area contributed by atoms with Crippen LogP contribution in [0.1, 0.15) is 34.4 Å². The zero-order valence-electron chi connectivity index (χ0n) is 20.2. The van der Waals surface area contributed by atoms with Crippen LogP contribution in [0.25, 0.3) is 5.82 Å². The highest BCUT2D eigenvalue weighted by Crippen LogP contribution is 2.43. The third kappa shape index (κ3) is 4.05. The molecule has 0 radical (unpaired) electrons. The molecule has 0 aliphatic carbocycles. The van der Waals surface area contributed by atoms with Crippen LogP contribution < -0.4 is 20.3 Å². The smallest absolute Gasteiger partial charge is 0.166 e. The van der Waals surface area contributed by atoms with Gasteiger partial charge >= 0.3 is 0 Å². The number of aryl methyl sites for hydroxylation is 2. The van der Waals surface area contributed by atoms with Crippen LogP contribution in [0, 0.1) is 25.2 Å². The summed E-state index contributed by atoms with van der Waals surface area (Å²) in [4.78, 5) is 19.1. The third-order valence-corrected chi connectivity index (χ3v) is 5.82. The number of hydrogen-bond donors (Lipinski definition) is 2. The number of ketones is 1. The molecule has 11 heteroatoms. The van der Waals surface area contributed by atoms with Gasteiger partial charge in [0.2, 0.25) is 0 Å². The third-order valence-electron chi connectivity index (χ3n) is 5.82. The lowest BCUT2D eigenvalue weighted by molar-refractivity contribution is 0.101. The maximum absolute atomic E-state index is 12.4. The minimum absolute atomic E-state index is 0.146. The van der Waals surface area contributed by atoms with Crippen molar-refractivity contribution < 1.29 is 9.53 Å². The second-order valence-electron chi connectivity index (χ2n) is 8.31. The number of nitrogens with zero attached hydrogens (tertiary/aromatic N) is 7. The standard InChI is InChI=1S/C25H23N9O2/c1-14-5-7-23(31-30-14)28-20-10-21-19(11-22(20)36-4)27-13-33(21)24-8-6-18(16(3)35)25(29-24)34-15(2)9-17(12-26)32-34/h5-11,27H,13H2,1-4H3,(H,28,31). The van der Waals surface area contributed by atoms with Gasteiger partial charge in [-0.05, 0) is 57.2 Å². The Hall–Kier alpha value is -4.98. The van der Waals surface area contributed by atoms with Crippen molar-refractivity contribution in [2.24, 2.45) is 0 Å². The van der Waals surface area contributed by atoms with Crippen molar-refractivity contribution in [2.75, 3.05) is 29.3 Å². The number of aromatic nitrogens is 5. The summed E-state index contributed by atoms with van der Waals surface area (Å²) in [6, 6.07) is 14.8. The molecule has 0 saturated carbocycles. The fourth-order valence-corrected chi connectivity index (χ4v) is 4.03. The largest absolute Gasteiger partial charge is 0.494 e. The predicted octanol–water partition coefficient (Wildman–Crippen LogP) is 4.02. The number of methoxy groups -OCH3 is 1. The summed E-state index contributed by atoms with van der Waals surface area (Å²) in [5.41, 5.74) is 4.64. The molecule has 1 aromatic carbocycles. The van der Waals surface area contributed by atoms with E-state index in [9.17, 15) is 10.1 Å². The van der Waals surface area contributed by atoms with Gasteiger partial charge in [0.05, 0.1) is 42.1 Å². The van der Waals surface area contributed by atoms with Gasteiger partial charge in [-0.25, -0.2) is 9.67 Å². The van der Waals surface area contributed by atoms with Gasteiger partial charge in [0, 0.05) is 11.8 Å². The van der Waals surface area contributed by atoms with Crippen molar-refractivity contribution in [1.29, 1.82) is 5.26 Å². The van der Waals surface area contributed by atoms with Crippen molar-refractivity contribution in [3.63, 3.8) is 0 Å². The highest BCUT2D eigenvalue weighted by Gasteiger charge is 2.26. The lowest BCUT2D eigenvalue weighted by Gasteiger charge is -2.20. The average Bonchev–Trinajstić information content (AvgIpc) is 3.47. The van der Waals surface area contributed by atoms with E-state index >= 15 is 0 Å². The first-order valence-electron chi connectivity index (χ1n) is 11.2. The first-order chi connectivity index (χ1) is 17.4. The molecule has 0 unspecified atom stereocenters. The molecule has 4 heterocycles. The molecule has 0 amide bonds. The molecule has 11 nitrogen and oxygen atoms in total. The molecule has 180 valence electrons. The van der Waals surface area contributed by atoms with Gasteiger partial charge in [-0.15, -0.1) is 5.10 Å². The number of fused-ring (bicyclic) bond motifs is 1. The SMILES string of the molecule is COc1cc2c(cc1Nc1ccc(C)nn1)N(c1ccc(C(C)=O)c(-n3nc(C#N)cc3C)n1)CN2. The molecule has 0 atom stereocenters. The summed E-state index contributed by atoms with van der Waals surface area (Å²) in [7, 11) is 1.61. The van der Waals surface area contributed by atoms with Crippen LogP contribution in [0.3, 0.4) is 0 Å². The van der Waals surface area contributed by atoms with E-state index in [0.717, 1.165) is 17.1 Å². The van der Waals surface area contributed by atoms with Gasteiger partial charge in [-0.2, -0.15) is 15.5 Å². The monoisotopic (exact) mass is 481 g/mol. The van der Waals surface area contributed by atoms with Crippen LogP contribution in [0.5, 0.6) is 5.75 Å². The molecule has 0 fully saturated rings. The number of ether oxygens (including phenoxy) is 1. The van der Waals surface area contributed by atoms with Crippen molar-refractivity contribution in [3.8, 4) is 17.6 Å². The van der Waals surface area contributed by atoms with Gasteiger partial charge in [-0.3, -0.25) is 4.79 Å². The first kappa shape index (κ1) is 22.8. The summed E-state index contributed by atoms with van der Waals surface area (Å²) >= 11 is 0. The van der Waals surface area contributed by atoms with Gasteiger partial charge in [0.1, 0.15) is 17.6 Å². The van der Waals surface area contributed by atoms with Gasteiger partial charge in [0.25, 0.3) is 0 Å². The zero-order chi connectivity index (χ0) is 25.4. The lowest BCUT2D eigenvalue weighted by atomic mass is 10.1. The van der Waals surface area contributed by atoms with Crippen molar-refractivity contribution in [1.82, 2.24) is 25.0 Å². The predicted molar refractivity (Wildman–Crippen MR) is 134 cm³/mol. The van der Waals surface area contributed by atoms with Gasteiger partial charge in [-0.1, -0.05) is 0 Å². The lowest BCUT2D eigenvalue weighted by Crippen LogP contribution is -2.20. The topological polar surface area (TPSA) is 134 Å². The quantitative estimate of drug-likeness (QED) is 0.389. The van der Waals surface area contributed by atoms with E-state index in [1.54, 1.807) is 25.3 Å². The van der Waals surface area contributed by atoms with Crippen LogP contribution in [0.2, 0.25) is 0 Å². The minimum atomic E-state index is -0.146. The van der Waals surface area contributed by atoms with Crippen LogP contribution in [0.15, 0.2) is 42.5 Å². The summed E-state index contributed by atoms with van der Waals surface area (Å²) in [5.74, 6) is 2.07. The van der Waals surface area contributed by atoms with Crippen molar-refractivity contribution in [3.05, 3.63) is 65.1 Å². The number of anilines is 5. The Bertz CT molecular complexity index is 1520.